The lowest BCUT2D eigenvalue weighted by atomic mass is 9.97. The summed E-state index contributed by atoms with van der Waals surface area (Å²) in [7, 11) is 1.52. The number of benzene rings is 2. The molecule has 1 heterocycles. The lowest BCUT2D eigenvalue weighted by Crippen LogP contribution is -2.37. The van der Waals surface area contributed by atoms with Crippen molar-refractivity contribution in [2.24, 2.45) is 0 Å². The predicted octanol–water partition coefficient (Wildman–Crippen LogP) is 5.11. The number of carbonyl (C=O) groups is 2. The number of allylic oxidation sites excluding steroid dienone is 1. The molecule has 2 aromatic carbocycles. The van der Waals surface area contributed by atoms with Gasteiger partial charge in [0.05, 0.1) is 18.8 Å². The van der Waals surface area contributed by atoms with Gasteiger partial charge in [0.1, 0.15) is 17.4 Å². The van der Waals surface area contributed by atoms with E-state index in [9.17, 15) is 18.4 Å². The van der Waals surface area contributed by atoms with Crippen molar-refractivity contribution in [1.29, 1.82) is 0 Å². The Morgan fingerprint density at radius 2 is 1.89 bits per heavy atom. The van der Waals surface area contributed by atoms with E-state index in [1.165, 1.54) is 24.3 Å². The number of ketones is 1. The zero-order valence-corrected chi connectivity index (χ0v) is 16.7. The van der Waals surface area contributed by atoms with Crippen molar-refractivity contribution >= 4 is 33.4 Å². The van der Waals surface area contributed by atoms with Crippen LogP contribution in [0.15, 0.2) is 47.1 Å². The van der Waals surface area contributed by atoms with Crippen molar-refractivity contribution in [3.8, 4) is 5.75 Å². The summed E-state index contributed by atoms with van der Waals surface area (Å²) in [4.78, 5) is 26.0. The minimum Gasteiger partial charge on any atom is -0.496 e. The van der Waals surface area contributed by atoms with Gasteiger partial charge in [0.2, 0.25) is 0 Å². The third kappa shape index (κ3) is 4.22. The first-order valence-electron chi connectivity index (χ1n) is 8.39. The molecule has 146 valence electrons. The monoisotopic (exact) mass is 450 g/mol. The first-order valence-corrected chi connectivity index (χ1v) is 9.18. The van der Waals surface area contributed by atoms with Crippen molar-refractivity contribution < 1.29 is 23.1 Å². The number of nitrogens with zero attached hydrogens (tertiary/aromatic N) is 1. The summed E-state index contributed by atoms with van der Waals surface area (Å²) in [6.07, 6.45) is 2.50. The summed E-state index contributed by atoms with van der Waals surface area (Å²) in [6, 6.07) is 5.05. The van der Waals surface area contributed by atoms with Crippen molar-refractivity contribution in [2.45, 2.75) is 19.4 Å². The second-order valence-electron chi connectivity index (χ2n) is 6.34. The van der Waals surface area contributed by atoms with Gasteiger partial charge in [0, 0.05) is 29.2 Å². The van der Waals surface area contributed by atoms with Gasteiger partial charge in [0.25, 0.3) is 0 Å². The van der Waals surface area contributed by atoms with E-state index in [1.807, 2.05) is 6.92 Å². The molecule has 3 rings (SSSR count). The van der Waals surface area contributed by atoms with Crippen molar-refractivity contribution in [2.75, 3.05) is 12.4 Å². The molecule has 0 aromatic heterocycles. The first-order chi connectivity index (χ1) is 13.3. The van der Waals surface area contributed by atoms with Crippen molar-refractivity contribution in [3.05, 3.63) is 69.8 Å². The highest BCUT2D eigenvalue weighted by Crippen LogP contribution is 2.33. The van der Waals surface area contributed by atoms with Gasteiger partial charge in [-0.3, -0.25) is 9.69 Å². The number of halogens is 3. The number of aryl methyl sites for hydroxylation is 1. The zero-order valence-electron chi connectivity index (χ0n) is 15.1. The topological polar surface area (TPSA) is 58.6 Å². The van der Waals surface area contributed by atoms with Crippen molar-refractivity contribution in [1.82, 2.24) is 4.90 Å². The molecular weight excluding hydrogens is 434 g/mol. The number of ether oxygens (including phenoxy) is 1. The molecule has 0 fully saturated rings. The summed E-state index contributed by atoms with van der Waals surface area (Å²) in [5.41, 5.74) is 1.54. The van der Waals surface area contributed by atoms with Crippen molar-refractivity contribution in [3.63, 3.8) is 0 Å². The van der Waals surface area contributed by atoms with E-state index in [-0.39, 0.29) is 17.8 Å². The Bertz CT molecular complexity index is 958. The molecule has 0 aliphatic carbocycles. The van der Waals surface area contributed by atoms with E-state index in [1.54, 1.807) is 12.1 Å². The van der Waals surface area contributed by atoms with Crippen LogP contribution in [0.25, 0.3) is 0 Å². The number of amides is 2. The van der Waals surface area contributed by atoms with Gasteiger partial charge in [-0.05, 0) is 58.3 Å². The number of nitrogens with one attached hydrogen (secondary N) is 1. The molecule has 0 bridgehead atoms. The van der Waals surface area contributed by atoms with Gasteiger partial charge in [-0.1, -0.05) is 0 Å². The molecule has 1 N–H and O–H groups in total. The van der Waals surface area contributed by atoms with Crippen LogP contribution in [0.4, 0.5) is 19.3 Å². The van der Waals surface area contributed by atoms with Crippen LogP contribution in [0.3, 0.4) is 0 Å². The fourth-order valence-electron chi connectivity index (χ4n) is 3.03. The summed E-state index contributed by atoms with van der Waals surface area (Å²) in [5, 5.41) is 2.74. The Morgan fingerprint density at radius 1 is 1.21 bits per heavy atom. The van der Waals surface area contributed by atoms with Crippen LogP contribution in [-0.2, 0) is 4.79 Å². The molecule has 1 aliphatic rings. The predicted molar refractivity (Wildman–Crippen MR) is 104 cm³/mol. The highest BCUT2D eigenvalue weighted by atomic mass is 79.9. The number of carbonyl (C=O) groups excluding carboxylic acids is 2. The average molecular weight is 451 g/mol. The lowest BCUT2D eigenvalue weighted by Gasteiger charge is -2.31. The van der Waals surface area contributed by atoms with Crippen LogP contribution in [0, 0.1) is 18.6 Å². The van der Waals surface area contributed by atoms with Crippen LogP contribution < -0.4 is 10.1 Å². The number of hydrogen-bond donors (Lipinski definition) is 1. The fourth-order valence-corrected chi connectivity index (χ4v) is 3.58. The number of urea groups is 1. The SMILES string of the molecule is COc1cc(NC(=O)N2C=CC(=O)CC2c2cc(F)cc(F)c2)c(Br)cc1C. The third-order valence-corrected chi connectivity index (χ3v) is 5.04. The number of rotatable bonds is 3. The fraction of sp³-hybridized carbons (Fsp3) is 0.200. The minimum absolute atomic E-state index is 0.0782. The van der Waals surface area contributed by atoms with E-state index in [4.69, 9.17) is 4.74 Å². The summed E-state index contributed by atoms with van der Waals surface area (Å²) in [5.74, 6) is -1.20. The maximum absolute atomic E-state index is 13.6. The Hall–Kier alpha value is -2.74. The van der Waals surface area contributed by atoms with E-state index in [2.05, 4.69) is 21.2 Å². The molecular formula is C20H17BrF2N2O3. The zero-order chi connectivity index (χ0) is 20.4. The van der Waals surface area contributed by atoms with Crippen LogP contribution in [0.5, 0.6) is 5.75 Å². The van der Waals surface area contributed by atoms with Gasteiger partial charge in [-0.25, -0.2) is 13.6 Å². The molecule has 2 aromatic rings. The summed E-state index contributed by atoms with van der Waals surface area (Å²) in [6.45, 7) is 1.86. The maximum atomic E-state index is 13.6. The molecule has 8 heteroatoms. The number of hydrogen-bond acceptors (Lipinski definition) is 3. The molecule has 5 nitrogen and oxygen atoms in total. The summed E-state index contributed by atoms with van der Waals surface area (Å²) < 4.78 is 33.2. The van der Waals surface area contributed by atoms with Gasteiger partial charge >= 0.3 is 6.03 Å². The second-order valence-corrected chi connectivity index (χ2v) is 7.20. The van der Waals surface area contributed by atoms with Crippen LogP contribution in [-0.4, -0.2) is 23.8 Å². The molecule has 0 saturated carbocycles. The number of methoxy groups -OCH3 is 1. The van der Waals surface area contributed by atoms with Crippen LogP contribution in [0.2, 0.25) is 0 Å². The minimum atomic E-state index is -0.825. The summed E-state index contributed by atoms with van der Waals surface area (Å²) >= 11 is 3.39. The van der Waals surface area contributed by atoms with Crippen LogP contribution >= 0.6 is 15.9 Å². The Balaban J connectivity index is 1.92. The standard InChI is InChI=1S/C20H17BrF2N2O3/c1-11-5-16(21)17(10-19(11)28-2)24-20(27)25-4-3-15(26)9-18(25)12-6-13(22)8-14(23)7-12/h3-8,10,18H,9H2,1-2H3,(H,24,27). The molecule has 0 saturated heterocycles. The Kier molecular flexibility index (Phi) is 5.79. The molecule has 1 atom stereocenters. The molecule has 28 heavy (non-hydrogen) atoms. The largest absolute Gasteiger partial charge is 0.496 e. The van der Waals surface area contributed by atoms with Crippen LogP contribution in [0.1, 0.15) is 23.6 Å². The lowest BCUT2D eigenvalue weighted by molar-refractivity contribution is -0.116. The Morgan fingerprint density at radius 3 is 2.54 bits per heavy atom. The molecule has 1 unspecified atom stereocenters. The number of anilines is 1. The highest BCUT2D eigenvalue weighted by Gasteiger charge is 2.30. The smallest absolute Gasteiger partial charge is 0.326 e. The third-order valence-electron chi connectivity index (χ3n) is 4.38. The maximum Gasteiger partial charge on any atom is 0.326 e. The average Bonchev–Trinajstić information content (AvgIpc) is 2.63. The van der Waals surface area contributed by atoms with Gasteiger partial charge < -0.3 is 10.1 Å². The Labute approximate surface area is 169 Å². The van der Waals surface area contributed by atoms with Gasteiger partial charge in [-0.2, -0.15) is 0 Å². The van der Waals surface area contributed by atoms with Gasteiger partial charge in [-0.15, -0.1) is 0 Å². The van der Waals surface area contributed by atoms with E-state index < -0.39 is 23.7 Å². The van der Waals surface area contributed by atoms with Gasteiger partial charge in [0.15, 0.2) is 5.78 Å². The highest BCUT2D eigenvalue weighted by molar-refractivity contribution is 9.10. The molecule has 1 aliphatic heterocycles. The normalized spacial score (nSPS) is 16.2. The molecule has 0 radical (unpaired) electrons. The quantitative estimate of drug-likeness (QED) is 0.706. The van der Waals surface area contributed by atoms with E-state index in [0.717, 1.165) is 23.8 Å². The molecule has 0 spiro atoms. The first kappa shape index (κ1) is 20.0. The van der Waals surface area contributed by atoms with E-state index >= 15 is 0 Å². The molecule has 2 amide bonds. The van der Waals surface area contributed by atoms with E-state index in [0.29, 0.717) is 15.9 Å². The second kappa shape index (κ2) is 8.10.